The minimum absolute atomic E-state index is 0.103. The lowest BCUT2D eigenvalue weighted by Crippen LogP contribution is -2.31. The van der Waals surface area contributed by atoms with Crippen LogP contribution >= 0.6 is 23.2 Å². The van der Waals surface area contributed by atoms with E-state index in [9.17, 15) is 10.0 Å². The van der Waals surface area contributed by atoms with Crippen molar-refractivity contribution in [2.24, 2.45) is 0 Å². The molecule has 0 aliphatic heterocycles. The van der Waals surface area contributed by atoms with E-state index in [1.807, 2.05) is 0 Å². The Labute approximate surface area is 155 Å². The largest absolute Gasteiger partial charge is 0.617 e. The molecule has 0 spiro atoms. The summed E-state index contributed by atoms with van der Waals surface area (Å²) in [4.78, 5) is 14.5. The Morgan fingerprint density at radius 1 is 1.16 bits per heavy atom. The molecule has 0 aromatic carbocycles. The third kappa shape index (κ3) is 7.03. The van der Waals surface area contributed by atoms with Crippen LogP contribution in [0.1, 0.15) is 18.3 Å². The maximum atomic E-state index is 11.0. The van der Waals surface area contributed by atoms with E-state index >= 15 is 0 Å². The number of ether oxygens (including phenoxy) is 3. The molecular formula is C16H18Cl2N2O5. The molecule has 0 atom stereocenters. The van der Waals surface area contributed by atoms with Crippen LogP contribution in [-0.2, 0) is 16.1 Å². The first-order valence-electron chi connectivity index (χ1n) is 7.04. The fraction of sp³-hybridized carbons (Fsp3) is 0.312. The molecule has 0 radical (unpaired) electrons. The number of aryl methyl sites for hydroxylation is 1. The summed E-state index contributed by atoms with van der Waals surface area (Å²) >= 11 is 11.3. The van der Waals surface area contributed by atoms with Gasteiger partial charge in [0.05, 0.1) is 26.0 Å². The van der Waals surface area contributed by atoms with Gasteiger partial charge in [-0.3, -0.25) is 4.79 Å². The van der Waals surface area contributed by atoms with Crippen LogP contribution in [0.3, 0.4) is 0 Å². The molecule has 0 aliphatic carbocycles. The number of aromatic nitrogens is 2. The van der Waals surface area contributed by atoms with Gasteiger partial charge in [0.15, 0.2) is 5.69 Å². The average molecular weight is 389 g/mol. The van der Waals surface area contributed by atoms with E-state index in [0.29, 0.717) is 32.8 Å². The van der Waals surface area contributed by atoms with Crippen molar-refractivity contribution < 1.29 is 23.7 Å². The molecule has 0 saturated heterocycles. The first-order valence-corrected chi connectivity index (χ1v) is 7.80. The van der Waals surface area contributed by atoms with E-state index in [1.165, 1.54) is 27.2 Å². The number of hydrogen-bond acceptors (Lipinski definition) is 6. The molecule has 2 heterocycles. The standard InChI is InChI=1S/C9H10ClNO3.C7H8ClNO2/c1-6(12)14-5-7-3-8(13-2)4-9(10)11-7;1-5-3-6(11-2)4-7(8)9(5)10/h3-4H,5H2,1-2H3;3-4H,1-2H3. The molecule has 25 heavy (non-hydrogen) atoms. The summed E-state index contributed by atoms with van der Waals surface area (Å²) in [5.74, 6) is 0.831. The number of nitrogens with zero attached hydrogens (tertiary/aromatic N) is 2. The van der Waals surface area contributed by atoms with E-state index in [2.05, 4.69) is 4.98 Å². The van der Waals surface area contributed by atoms with Crippen molar-refractivity contribution >= 4 is 29.2 Å². The highest BCUT2D eigenvalue weighted by Crippen LogP contribution is 2.17. The van der Waals surface area contributed by atoms with Crippen LogP contribution in [0.2, 0.25) is 10.3 Å². The zero-order chi connectivity index (χ0) is 19.0. The Hall–Kier alpha value is -2.25. The fourth-order valence-corrected chi connectivity index (χ4v) is 2.12. The van der Waals surface area contributed by atoms with Crippen LogP contribution in [0.4, 0.5) is 0 Å². The number of pyridine rings is 2. The van der Waals surface area contributed by atoms with Gasteiger partial charge in [0.2, 0.25) is 0 Å². The van der Waals surface area contributed by atoms with E-state index in [0.717, 1.165) is 0 Å². The van der Waals surface area contributed by atoms with E-state index in [1.54, 1.807) is 25.1 Å². The molecule has 2 aromatic heterocycles. The number of esters is 1. The maximum Gasteiger partial charge on any atom is 0.303 e. The Bertz CT molecular complexity index is 717. The third-order valence-corrected chi connectivity index (χ3v) is 3.30. The predicted molar refractivity (Wildman–Crippen MR) is 93.0 cm³/mol. The Morgan fingerprint density at radius 3 is 2.28 bits per heavy atom. The normalized spacial score (nSPS) is 9.68. The van der Waals surface area contributed by atoms with Crippen molar-refractivity contribution in [2.45, 2.75) is 20.5 Å². The number of rotatable bonds is 4. The summed E-state index contributed by atoms with van der Waals surface area (Å²) in [6.45, 7) is 3.11. The maximum absolute atomic E-state index is 11.0. The lowest BCUT2D eigenvalue weighted by atomic mass is 10.3. The van der Waals surface area contributed by atoms with E-state index in [4.69, 9.17) is 37.4 Å². The minimum atomic E-state index is -0.356. The van der Waals surface area contributed by atoms with Crippen LogP contribution in [0.15, 0.2) is 24.3 Å². The molecule has 7 nitrogen and oxygen atoms in total. The summed E-state index contributed by atoms with van der Waals surface area (Å²) in [6.07, 6.45) is 0. The first-order chi connectivity index (χ1) is 11.8. The second-order valence-electron chi connectivity index (χ2n) is 4.75. The Morgan fingerprint density at radius 2 is 1.76 bits per heavy atom. The van der Waals surface area contributed by atoms with Gasteiger partial charge in [0.1, 0.15) is 23.3 Å². The molecule has 0 aliphatic rings. The van der Waals surface area contributed by atoms with Gasteiger partial charge in [0, 0.05) is 32.0 Å². The second kappa shape index (κ2) is 9.90. The van der Waals surface area contributed by atoms with Gasteiger partial charge < -0.3 is 19.4 Å². The molecule has 0 unspecified atom stereocenters. The highest BCUT2D eigenvalue weighted by Gasteiger charge is 2.07. The highest BCUT2D eigenvalue weighted by atomic mass is 35.5. The molecule has 2 rings (SSSR count). The van der Waals surface area contributed by atoms with Gasteiger partial charge in [-0.1, -0.05) is 11.6 Å². The molecule has 9 heteroatoms. The molecule has 2 aromatic rings. The monoisotopic (exact) mass is 388 g/mol. The summed E-state index contributed by atoms with van der Waals surface area (Å²) in [5, 5.41) is 11.4. The van der Waals surface area contributed by atoms with Crippen molar-refractivity contribution in [2.75, 3.05) is 14.2 Å². The average Bonchev–Trinajstić information content (AvgIpc) is 2.57. The molecular weight excluding hydrogens is 371 g/mol. The van der Waals surface area contributed by atoms with Crippen molar-refractivity contribution in [3.05, 3.63) is 51.2 Å². The first kappa shape index (κ1) is 20.8. The Balaban J connectivity index is 0.000000257. The van der Waals surface area contributed by atoms with Gasteiger partial charge in [-0.05, 0) is 11.6 Å². The lowest BCUT2D eigenvalue weighted by molar-refractivity contribution is -0.610. The number of carbonyl (C=O) groups excluding carboxylic acids is 1. The molecule has 0 bridgehead atoms. The molecule has 0 saturated carbocycles. The zero-order valence-corrected chi connectivity index (χ0v) is 15.7. The van der Waals surface area contributed by atoms with Crippen LogP contribution < -0.4 is 14.2 Å². The van der Waals surface area contributed by atoms with Crippen molar-refractivity contribution in [3.8, 4) is 11.5 Å². The van der Waals surface area contributed by atoms with Gasteiger partial charge in [-0.2, -0.15) is 4.73 Å². The summed E-state index contributed by atoms with van der Waals surface area (Å²) in [7, 11) is 3.06. The summed E-state index contributed by atoms with van der Waals surface area (Å²) < 4.78 is 15.3. The van der Waals surface area contributed by atoms with Crippen molar-refractivity contribution in [1.82, 2.24) is 4.98 Å². The minimum Gasteiger partial charge on any atom is -0.617 e. The Kier molecular flexibility index (Phi) is 8.24. The summed E-state index contributed by atoms with van der Waals surface area (Å²) in [5.41, 5.74) is 1.08. The van der Waals surface area contributed by atoms with E-state index < -0.39 is 0 Å². The smallest absolute Gasteiger partial charge is 0.303 e. The van der Waals surface area contributed by atoms with Crippen LogP contribution in [-0.4, -0.2) is 25.2 Å². The number of carbonyl (C=O) groups is 1. The lowest BCUT2D eigenvalue weighted by Gasteiger charge is -2.04. The topological polar surface area (TPSA) is 84.6 Å². The molecule has 136 valence electrons. The predicted octanol–water partition coefficient (Wildman–Crippen LogP) is 3.10. The number of hydrogen-bond donors (Lipinski definition) is 0. The van der Waals surface area contributed by atoms with Gasteiger partial charge in [-0.25, -0.2) is 4.98 Å². The second-order valence-corrected chi connectivity index (χ2v) is 5.53. The molecule has 0 fully saturated rings. The fourth-order valence-electron chi connectivity index (χ4n) is 1.66. The van der Waals surface area contributed by atoms with Crippen molar-refractivity contribution in [3.63, 3.8) is 0 Å². The zero-order valence-electron chi connectivity index (χ0n) is 14.2. The summed E-state index contributed by atoms with van der Waals surface area (Å²) in [6, 6.07) is 6.34. The van der Waals surface area contributed by atoms with Gasteiger partial charge in [0.25, 0.3) is 5.15 Å². The number of halogens is 2. The van der Waals surface area contributed by atoms with Crippen LogP contribution in [0, 0.1) is 12.1 Å². The third-order valence-electron chi connectivity index (χ3n) is 2.84. The van der Waals surface area contributed by atoms with Crippen LogP contribution in [0.5, 0.6) is 11.5 Å². The van der Waals surface area contributed by atoms with Gasteiger partial charge >= 0.3 is 5.97 Å². The highest BCUT2D eigenvalue weighted by molar-refractivity contribution is 6.29. The quantitative estimate of drug-likeness (QED) is 0.346. The SMILES string of the molecule is COc1cc(C)[n+]([O-])c(Cl)c1.COc1cc(Cl)nc(COC(C)=O)c1. The van der Waals surface area contributed by atoms with Crippen LogP contribution in [0.25, 0.3) is 0 Å². The molecule has 0 amide bonds. The molecule has 0 N–H and O–H groups in total. The number of methoxy groups -OCH3 is 2. The van der Waals surface area contributed by atoms with Crippen molar-refractivity contribution in [1.29, 1.82) is 0 Å². The van der Waals surface area contributed by atoms with Gasteiger partial charge in [-0.15, -0.1) is 0 Å². The van der Waals surface area contributed by atoms with E-state index in [-0.39, 0.29) is 17.7 Å².